The minimum atomic E-state index is -0.197. The van der Waals surface area contributed by atoms with E-state index in [0.717, 1.165) is 17.3 Å². The van der Waals surface area contributed by atoms with Crippen LogP contribution >= 0.6 is 11.8 Å². The highest BCUT2D eigenvalue weighted by atomic mass is 32.2. The maximum absolute atomic E-state index is 12.0. The lowest BCUT2D eigenvalue weighted by Crippen LogP contribution is -2.61. The summed E-state index contributed by atoms with van der Waals surface area (Å²) in [5.74, 6) is -0.0271. The van der Waals surface area contributed by atoms with Gasteiger partial charge >= 0.3 is 0 Å². The first-order chi connectivity index (χ1) is 10.1. The Kier molecular flexibility index (Phi) is 3.79. The van der Waals surface area contributed by atoms with Gasteiger partial charge in [-0.2, -0.15) is 0 Å². The van der Waals surface area contributed by atoms with Gasteiger partial charge in [0.05, 0.1) is 11.8 Å². The molecule has 2 aliphatic rings. The van der Waals surface area contributed by atoms with Crippen LogP contribution in [0.15, 0.2) is 36.4 Å². The molecule has 5 nitrogen and oxygen atoms in total. The van der Waals surface area contributed by atoms with Crippen LogP contribution in [0.3, 0.4) is 0 Å². The van der Waals surface area contributed by atoms with E-state index in [1.807, 2.05) is 30.3 Å². The van der Waals surface area contributed by atoms with Gasteiger partial charge in [0.1, 0.15) is 0 Å². The van der Waals surface area contributed by atoms with Gasteiger partial charge in [0.2, 0.25) is 11.8 Å². The number of hydrogen-bond donors (Lipinski definition) is 0. The number of carbonyl (C=O) groups is 3. The molecule has 0 unspecified atom stereocenters. The fourth-order valence-electron chi connectivity index (χ4n) is 2.35. The molecule has 2 heterocycles. The van der Waals surface area contributed by atoms with Gasteiger partial charge in [-0.15, -0.1) is 0 Å². The molecule has 3 amide bonds. The van der Waals surface area contributed by atoms with Crippen molar-refractivity contribution in [1.29, 1.82) is 0 Å². The number of benzene rings is 1. The summed E-state index contributed by atoms with van der Waals surface area (Å²) in [6.45, 7) is 0.853. The van der Waals surface area contributed by atoms with E-state index in [9.17, 15) is 14.4 Å². The third-order valence-electron chi connectivity index (χ3n) is 3.54. The molecule has 1 aromatic rings. The van der Waals surface area contributed by atoms with Gasteiger partial charge < -0.3 is 4.90 Å². The van der Waals surface area contributed by atoms with Crippen molar-refractivity contribution in [2.75, 3.05) is 18.8 Å². The summed E-state index contributed by atoms with van der Waals surface area (Å²) < 4.78 is 0. The molecule has 0 bridgehead atoms. The highest BCUT2D eigenvalue weighted by molar-refractivity contribution is 8.14. The average Bonchev–Trinajstić information content (AvgIpc) is 2.77. The van der Waals surface area contributed by atoms with Gasteiger partial charge in [-0.05, 0) is 11.6 Å². The summed E-state index contributed by atoms with van der Waals surface area (Å²) in [4.78, 5) is 38.0. The minimum absolute atomic E-state index is 0.0955. The van der Waals surface area contributed by atoms with E-state index in [1.165, 1.54) is 11.0 Å². The number of nitrogens with zero attached hydrogens (tertiary/aromatic N) is 2. The number of amides is 3. The number of imide groups is 1. The Morgan fingerprint density at radius 2 is 1.90 bits per heavy atom. The third kappa shape index (κ3) is 2.85. The summed E-state index contributed by atoms with van der Waals surface area (Å²) in [5.41, 5.74) is 0.962. The van der Waals surface area contributed by atoms with E-state index in [0.29, 0.717) is 13.1 Å². The molecule has 2 saturated heterocycles. The zero-order chi connectivity index (χ0) is 14.8. The Bertz CT molecular complexity index is 593. The van der Waals surface area contributed by atoms with Crippen molar-refractivity contribution in [1.82, 2.24) is 9.80 Å². The normalized spacial score (nSPS) is 19.4. The number of thioether (sulfide) groups is 1. The van der Waals surface area contributed by atoms with Gasteiger partial charge in [-0.1, -0.05) is 42.1 Å². The molecule has 6 heteroatoms. The van der Waals surface area contributed by atoms with Crippen LogP contribution in [0.4, 0.5) is 4.79 Å². The van der Waals surface area contributed by atoms with Crippen LogP contribution < -0.4 is 0 Å². The van der Waals surface area contributed by atoms with Crippen molar-refractivity contribution >= 4 is 34.9 Å². The first-order valence-electron chi connectivity index (χ1n) is 6.66. The van der Waals surface area contributed by atoms with Crippen LogP contribution in [-0.4, -0.2) is 51.7 Å². The summed E-state index contributed by atoms with van der Waals surface area (Å²) >= 11 is 1.03. The molecule has 0 aromatic heterocycles. The average molecular weight is 302 g/mol. The largest absolute Gasteiger partial charge is 0.335 e. The fraction of sp³-hybridized carbons (Fsp3) is 0.267. The molecular formula is C15H14N2O3S. The first-order valence-corrected chi connectivity index (χ1v) is 7.64. The maximum atomic E-state index is 12.0. The zero-order valence-electron chi connectivity index (χ0n) is 11.3. The van der Waals surface area contributed by atoms with E-state index >= 15 is 0 Å². The second kappa shape index (κ2) is 5.73. The summed E-state index contributed by atoms with van der Waals surface area (Å²) in [5, 5.41) is -0.197. The predicted molar refractivity (Wildman–Crippen MR) is 80.5 cm³/mol. The van der Waals surface area contributed by atoms with Crippen molar-refractivity contribution in [2.45, 2.75) is 6.04 Å². The Balaban J connectivity index is 1.54. The van der Waals surface area contributed by atoms with Gasteiger partial charge in [0, 0.05) is 19.2 Å². The molecule has 0 spiro atoms. The Labute approximate surface area is 126 Å². The maximum Gasteiger partial charge on any atom is 0.289 e. The van der Waals surface area contributed by atoms with Crippen molar-refractivity contribution in [3.8, 4) is 0 Å². The van der Waals surface area contributed by atoms with Crippen LogP contribution in [0.1, 0.15) is 5.56 Å². The Morgan fingerprint density at radius 3 is 2.52 bits per heavy atom. The van der Waals surface area contributed by atoms with Crippen LogP contribution in [0.2, 0.25) is 0 Å². The van der Waals surface area contributed by atoms with Crippen molar-refractivity contribution < 1.29 is 14.4 Å². The SMILES string of the molecule is O=C(/C=C/c1ccccc1)N1CC(N2C(=O)CSC2=O)C1. The molecule has 0 aliphatic carbocycles. The van der Waals surface area contributed by atoms with E-state index in [2.05, 4.69) is 0 Å². The van der Waals surface area contributed by atoms with E-state index < -0.39 is 0 Å². The molecule has 2 fully saturated rings. The third-order valence-corrected chi connectivity index (χ3v) is 4.38. The predicted octanol–water partition coefficient (Wildman–Crippen LogP) is 1.61. The fourth-order valence-corrected chi connectivity index (χ4v) is 3.13. The standard InChI is InChI=1S/C15H14N2O3S/c18-13(7-6-11-4-2-1-3-5-11)16-8-12(9-16)17-14(19)10-21-15(17)20/h1-7,12H,8-10H2/b7-6+. The van der Waals surface area contributed by atoms with Gasteiger partial charge in [-0.25, -0.2) is 0 Å². The molecule has 3 rings (SSSR count). The highest BCUT2D eigenvalue weighted by Crippen LogP contribution is 2.26. The van der Waals surface area contributed by atoms with Crippen molar-refractivity contribution in [3.05, 3.63) is 42.0 Å². The summed E-state index contributed by atoms with van der Waals surface area (Å²) in [6.07, 6.45) is 3.28. The van der Waals surface area contributed by atoms with Crippen molar-refractivity contribution in [2.24, 2.45) is 0 Å². The number of likely N-dealkylation sites (tertiary alicyclic amines) is 1. The van der Waals surface area contributed by atoms with Crippen molar-refractivity contribution in [3.63, 3.8) is 0 Å². The minimum Gasteiger partial charge on any atom is -0.335 e. The molecule has 2 aliphatic heterocycles. The van der Waals surface area contributed by atoms with Crippen LogP contribution in [0.25, 0.3) is 6.08 Å². The zero-order valence-corrected chi connectivity index (χ0v) is 12.1. The van der Waals surface area contributed by atoms with Crippen LogP contribution in [-0.2, 0) is 9.59 Å². The Morgan fingerprint density at radius 1 is 1.19 bits per heavy atom. The highest BCUT2D eigenvalue weighted by Gasteiger charge is 2.42. The second-order valence-electron chi connectivity index (χ2n) is 4.96. The quantitative estimate of drug-likeness (QED) is 0.796. The molecular weight excluding hydrogens is 288 g/mol. The van der Waals surface area contributed by atoms with Crippen LogP contribution in [0, 0.1) is 0 Å². The smallest absolute Gasteiger partial charge is 0.289 e. The lowest BCUT2D eigenvalue weighted by atomic mass is 10.1. The topological polar surface area (TPSA) is 57.7 Å². The van der Waals surface area contributed by atoms with E-state index in [4.69, 9.17) is 0 Å². The van der Waals surface area contributed by atoms with Gasteiger partial charge in [-0.3, -0.25) is 19.3 Å². The lowest BCUT2D eigenvalue weighted by molar-refractivity contribution is -0.138. The molecule has 0 atom stereocenters. The number of carbonyl (C=O) groups excluding carboxylic acids is 3. The van der Waals surface area contributed by atoms with E-state index in [-0.39, 0.29) is 28.8 Å². The second-order valence-corrected chi connectivity index (χ2v) is 5.89. The molecule has 0 saturated carbocycles. The number of rotatable bonds is 3. The van der Waals surface area contributed by atoms with E-state index in [1.54, 1.807) is 11.0 Å². The first kappa shape index (κ1) is 13.9. The van der Waals surface area contributed by atoms with Gasteiger partial charge in [0.25, 0.3) is 5.24 Å². The Hall–Kier alpha value is -2.08. The number of hydrogen-bond acceptors (Lipinski definition) is 4. The molecule has 0 N–H and O–H groups in total. The van der Waals surface area contributed by atoms with Crippen LogP contribution in [0.5, 0.6) is 0 Å². The molecule has 0 radical (unpaired) electrons. The summed E-state index contributed by atoms with van der Waals surface area (Å²) in [7, 11) is 0. The monoisotopic (exact) mass is 302 g/mol. The molecule has 21 heavy (non-hydrogen) atoms. The summed E-state index contributed by atoms with van der Waals surface area (Å²) in [6, 6.07) is 9.41. The molecule has 1 aromatic carbocycles. The van der Waals surface area contributed by atoms with Gasteiger partial charge in [0.15, 0.2) is 0 Å². The lowest BCUT2D eigenvalue weighted by Gasteiger charge is -2.42. The molecule has 108 valence electrons.